The molecule has 0 aliphatic carbocycles. The van der Waals surface area contributed by atoms with E-state index >= 15 is 0 Å². The zero-order valence-corrected chi connectivity index (χ0v) is 20.1. The molecule has 34 heavy (non-hydrogen) atoms. The van der Waals surface area contributed by atoms with Crippen LogP contribution in [0.4, 0.5) is 0 Å². The summed E-state index contributed by atoms with van der Waals surface area (Å²) in [5.74, 6) is -4.22. The van der Waals surface area contributed by atoms with Gasteiger partial charge in [0.1, 0.15) is 18.1 Å². The van der Waals surface area contributed by atoms with Gasteiger partial charge in [-0.3, -0.25) is 19.2 Å². The van der Waals surface area contributed by atoms with Crippen molar-refractivity contribution in [1.29, 1.82) is 0 Å². The molecule has 5 atom stereocenters. The van der Waals surface area contributed by atoms with Gasteiger partial charge in [0.25, 0.3) is 0 Å². The molecule has 0 radical (unpaired) electrons. The second kappa shape index (κ2) is 16.0. The SMILES string of the molecule is CC(C)CC(NC(=O)C(NC(=O)C(N)CCC(N)=O)C(C)O)C(=O)NC(CCCCN)C(=O)O. The van der Waals surface area contributed by atoms with Crippen molar-refractivity contribution in [3.63, 3.8) is 0 Å². The van der Waals surface area contributed by atoms with Crippen LogP contribution in [0.25, 0.3) is 0 Å². The smallest absolute Gasteiger partial charge is 0.326 e. The Bertz CT molecular complexity index is 701. The van der Waals surface area contributed by atoms with Crippen LogP contribution in [0.15, 0.2) is 0 Å². The fourth-order valence-electron chi connectivity index (χ4n) is 3.08. The number of carbonyl (C=O) groups excluding carboxylic acids is 4. The molecule has 0 fully saturated rings. The van der Waals surface area contributed by atoms with Gasteiger partial charge >= 0.3 is 5.97 Å². The third-order valence-electron chi connectivity index (χ3n) is 5.00. The Kier molecular flexibility index (Phi) is 14.7. The summed E-state index contributed by atoms with van der Waals surface area (Å²) < 4.78 is 0. The summed E-state index contributed by atoms with van der Waals surface area (Å²) in [5, 5.41) is 26.7. The standard InChI is InChI=1S/C21H40N6O7/c1-11(2)10-15(19(31)25-14(21(33)34)6-4-5-9-22)26-20(32)17(12(3)28)27-18(30)13(23)7-8-16(24)29/h11-15,17,28H,4-10,22-23H2,1-3H3,(H2,24,29)(H,25,31)(H,26,32)(H,27,30)(H,33,34). The number of carboxylic acids is 1. The first kappa shape index (κ1) is 31.2. The van der Waals surface area contributed by atoms with Gasteiger partial charge in [0.15, 0.2) is 0 Å². The monoisotopic (exact) mass is 488 g/mol. The molecule has 0 aliphatic heterocycles. The number of aliphatic hydroxyl groups is 1. The van der Waals surface area contributed by atoms with Crippen LogP contribution in [0.5, 0.6) is 0 Å². The predicted molar refractivity (Wildman–Crippen MR) is 124 cm³/mol. The number of primary amides is 1. The number of nitrogens with two attached hydrogens (primary N) is 3. The lowest BCUT2D eigenvalue weighted by atomic mass is 10.0. The quantitative estimate of drug-likeness (QED) is 0.102. The van der Waals surface area contributed by atoms with Crippen molar-refractivity contribution in [2.45, 2.75) is 89.6 Å². The van der Waals surface area contributed by atoms with Crippen LogP contribution < -0.4 is 33.2 Å². The van der Waals surface area contributed by atoms with E-state index in [1.54, 1.807) is 0 Å². The first-order chi connectivity index (χ1) is 15.8. The van der Waals surface area contributed by atoms with E-state index in [0.717, 1.165) is 0 Å². The summed E-state index contributed by atoms with van der Waals surface area (Å²) in [6, 6.07) is -4.83. The van der Waals surface area contributed by atoms with Gasteiger partial charge < -0.3 is 43.4 Å². The molecule has 4 amide bonds. The van der Waals surface area contributed by atoms with E-state index in [1.807, 2.05) is 13.8 Å². The van der Waals surface area contributed by atoms with Gasteiger partial charge in [0.05, 0.1) is 12.1 Å². The molecule has 0 saturated carbocycles. The summed E-state index contributed by atoms with van der Waals surface area (Å²) in [6.07, 6.45) is -0.0504. The molecule has 0 aromatic rings. The molecule has 11 N–H and O–H groups in total. The molecule has 0 saturated heterocycles. The predicted octanol–water partition coefficient (Wildman–Crippen LogP) is -2.33. The summed E-state index contributed by atoms with van der Waals surface area (Å²) in [4.78, 5) is 60.3. The molecule has 0 aliphatic rings. The highest BCUT2D eigenvalue weighted by atomic mass is 16.4. The van der Waals surface area contributed by atoms with Crippen molar-refractivity contribution in [1.82, 2.24) is 16.0 Å². The molecule has 0 aromatic heterocycles. The largest absolute Gasteiger partial charge is 0.480 e. The number of hydrogen-bond acceptors (Lipinski definition) is 8. The van der Waals surface area contributed by atoms with Crippen LogP contribution >= 0.6 is 0 Å². The van der Waals surface area contributed by atoms with E-state index in [0.29, 0.717) is 19.4 Å². The van der Waals surface area contributed by atoms with Crippen molar-refractivity contribution in [2.75, 3.05) is 6.54 Å². The zero-order valence-electron chi connectivity index (χ0n) is 20.1. The van der Waals surface area contributed by atoms with Gasteiger partial charge in [-0.05, 0) is 51.5 Å². The molecule has 0 aromatic carbocycles. The van der Waals surface area contributed by atoms with Gasteiger partial charge in [0.2, 0.25) is 23.6 Å². The van der Waals surface area contributed by atoms with Crippen LogP contribution in [0.2, 0.25) is 0 Å². The minimum atomic E-state index is -1.44. The van der Waals surface area contributed by atoms with Crippen LogP contribution in [-0.4, -0.2) is 76.6 Å². The number of aliphatic carboxylic acids is 1. The summed E-state index contributed by atoms with van der Waals surface area (Å²) in [6.45, 7) is 5.29. The molecule has 0 rings (SSSR count). The maximum Gasteiger partial charge on any atom is 0.326 e. The third kappa shape index (κ3) is 12.5. The lowest BCUT2D eigenvalue weighted by Gasteiger charge is -2.27. The average molecular weight is 489 g/mol. The number of carbonyl (C=O) groups is 5. The Labute approximate surface area is 199 Å². The second-order valence-electron chi connectivity index (χ2n) is 8.71. The lowest BCUT2D eigenvalue weighted by Crippen LogP contribution is -2.60. The molecular formula is C21H40N6O7. The number of carboxylic acid groups (broad SMARTS) is 1. The highest BCUT2D eigenvalue weighted by Crippen LogP contribution is 2.09. The zero-order chi connectivity index (χ0) is 26.4. The normalized spacial score (nSPS) is 15.5. The summed E-state index contributed by atoms with van der Waals surface area (Å²) in [5.41, 5.74) is 16.2. The molecule has 196 valence electrons. The number of unbranched alkanes of at least 4 members (excludes halogenated alkanes) is 1. The molecule has 0 heterocycles. The minimum absolute atomic E-state index is 0.0432. The molecule has 0 spiro atoms. The Morgan fingerprint density at radius 3 is 1.91 bits per heavy atom. The fraction of sp³-hybridized carbons (Fsp3) is 0.762. The van der Waals surface area contributed by atoms with E-state index in [2.05, 4.69) is 16.0 Å². The molecule has 13 nitrogen and oxygen atoms in total. The first-order valence-corrected chi connectivity index (χ1v) is 11.4. The summed E-state index contributed by atoms with van der Waals surface area (Å²) >= 11 is 0. The molecule has 13 heteroatoms. The van der Waals surface area contributed by atoms with Crippen LogP contribution in [0.1, 0.15) is 59.3 Å². The third-order valence-corrected chi connectivity index (χ3v) is 5.00. The maximum atomic E-state index is 12.8. The molecular weight excluding hydrogens is 448 g/mol. The van der Waals surface area contributed by atoms with Crippen molar-refractivity contribution in [3.8, 4) is 0 Å². The maximum absolute atomic E-state index is 12.8. The minimum Gasteiger partial charge on any atom is -0.480 e. The van der Waals surface area contributed by atoms with Gasteiger partial charge in [-0.2, -0.15) is 0 Å². The Balaban J connectivity index is 5.35. The summed E-state index contributed by atoms with van der Waals surface area (Å²) in [7, 11) is 0. The number of hydrogen-bond donors (Lipinski definition) is 8. The number of rotatable bonds is 17. The van der Waals surface area contributed by atoms with Crippen molar-refractivity contribution in [2.24, 2.45) is 23.1 Å². The molecule has 0 bridgehead atoms. The van der Waals surface area contributed by atoms with Crippen molar-refractivity contribution < 1.29 is 34.2 Å². The van der Waals surface area contributed by atoms with E-state index in [-0.39, 0.29) is 31.6 Å². The van der Waals surface area contributed by atoms with Crippen LogP contribution in [0, 0.1) is 5.92 Å². The number of aliphatic hydroxyl groups excluding tert-OH is 1. The van der Waals surface area contributed by atoms with Gasteiger partial charge in [-0.15, -0.1) is 0 Å². The van der Waals surface area contributed by atoms with Gasteiger partial charge in [0, 0.05) is 6.42 Å². The van der Waals surface area contributed by atoms with Crippen LogP contribution in [0.3, 0.4) is 0 Å². The van der Waals surface area contributed by atoms with Gasteiger partial charge in [-0.1, -0.05) is 13.8 Å². The average Bonchev–Trinajstić information content (AvgIpc) is 2.73. The Morgan fingerprint density at radius 1 is 0.853 bits per heavy atom. The Morgan fingerprint density at radius 2 is 1.44 bits per heavy atom. The van der Waals surface area contributed by atoms with Gasteiger partial charge in [-0.25, -0.2) is 4.79 Å². The second-order valence-corrected chi connectivity index (χ2v) is 8.71. The highest BCUT2D eigenvalue weighted by Gasteiger charge is 2.32. The number of nitrogens with one attached hydrogen (secondary N) is 3. The van der Waals surface area contributed by atoms with E-state index in [4.69, 9.17) is 17.2 Å². The highest BCUT2D eigenvalue weighted by molar-refractivity contribution is 5.94. The topological polar surface area (TPSA) is 240 Å². The Hall–Kier alpha value is -2.77. The number of amides is 4. The van der Waals surface area contributed by atoms with Crippen molar-refractivity contribution in [3.05, 3.63) is 0 Å². The first-order valence-electron chi connectivity index (χ1n) is 11.4. The van der Waals surface area contributed by atoms with E-state index in [1.165, 1.54) is 6.92 Å². The van der Waals surface area contributed by atoms with E-state index in [9.17, 15) is 34.2 Å². The van der Waals surface area contributed by atoms with E-state index < -0.39 is 59.9 Å². The fourth-order valence-corrected chi connectivity index (χ4v) is 3.08. The lowest BCUT2D eigenvalue weighted by molar-refractivity contribution is -0.142. The van der Waals surface area contributed by atoms with Crippen molar-refractivity contribution >= 4 is 29.6 Å². The van der Waals surface area contributed by atoms with Crippen LogP contribution in [-0.2, 0) is 24.0 Å². The molecule has 5 unspecified atom stereocenters.